The summed E-state index contributed by atoms with van der Waals surface area (Å²) in [5.74, 6) is 0. The van der Waals surface area contributed by atoms with E-state index in [2.05, 4.69) is 5.32 Å². The fourth-order valence-corrected chi connectivity index (χ4v) is 1.63. The molecule has 1 aromatic carbocycles. The maximum Gasteiger partial charge on any atom is 0.238 e. The summed E-state index contributed by atoms with van der Waals surface area (Å²) in [7, 11) is -3.64. The van der Waals surface area contributed by atoms with Gasteiger partial charge in [0.25, 0.3) is 0 Å². The van der Waals surface area contributed by atoms with E-state index in [0.29, 0.717) is 10.7 Å². The van der Waals surface area contributed by atoms with Crippen LogP contribution in [0.3, 0.4) is 0 Å². The first kappa shape index (κ1) is 11.1. The van der Waals surface area contributed by atoms with Crippen molar-refractivity contribution >= 4 is 32.9 Å². The van der Waals surface area contributed by atoms with Crippen molar-refractivity contribution in [3.05, 3.63) is 24.3 Å². The maximum absolute atomic E-state index is 11.0. The van der Waals surface area contributed by atoms with Crippen molar-refractivity contribution in [1.82, 2.24) is 0 Å². The standard InChI is InChI=1S/C8H10N2O2S2/c1-6(13)10-7-3-2-4-8(5-7)14(9,11)12/h2-5H,1H3,(H,10,13)(H2,9,11,12). The Morgan fingerprint density at radius 2 is 2.14 bits per heavy atom. The molecule has 0 saturated carbocycles. The molecule has 1 aromatic rings. The number of primary sulfonamides is 1. The van der Waals surface area contributed by atoms with Gasteiger partial charge in [-0.25, -0.2) is 13.6 Å². The largest absolute Gasteiger partial charge is 0.350 e. The van der Waals surface area contributed by atoms with E-state index in [1.165, 1.54) is 12.1 Å². The zero-order valence-corrected chi connectivity index (χ0v) is 9.15. The first-order valence-corrected chi connectivity index (χ1v) is 5.75. The van der Waals surface area contributed by atoms with Gasteiger partial charge in [-0.15, -0.1) is 0 Å². The molecule has 4 nitrogen and oxygen atoms in total. The molecule has 3 N–H and O–H groups in total. The number of anilines is 1. The fourth-order valence-electron chi connectivity index (χ4n) is 0.954. The Bertz CT molecular complexity index is 454. The molecule has 0 spiro atoms. The molecule has 6 heteroatoms. The molecule has 0 aliphatic carbocycles. The predicted octanol–water partition coefficient (Wildman–Crippen LogP) is 1.09. The summed E-state index contributed by atoms with van der Waals surface area (Å²) in [6, 6.07) is 6.18. The molecular weight excluding hydrogens is 220 g/mol. The molecule has 0 heterocycles. The van der Waals surface area contributed by atoms with Crippen LogP contribution in [0.25, 0.3) is 0 Å². The fraction of sp³-hybridized carbons (Fsp3) is 0.125. The lowest BCUT2D eigenvalue weighted by atomic mass is 10.3. The van der Waals surface area contributed by atoms with Gasteiger partial charge in [-0.1, -0.05) is 18.3 Å². The van der Waals surface area contributed by atoms with Crippen LogP contribution in [0.1, 0.15) is 6.92 Å². The van der Waals surface area contributed by atoms with E-state index in [0.717, 1.165) is 0 Å². The van der Waals surface area contributed by atoms with Crippen LogP contribution in [0.5, 0.6) is 0 Å². The Kier molecular flexibility index (Phi) is 3.20. The van der Waals surface area contributed by atoms with Crippen molar-refractivity contribution < 1.29 is 8.42 Å². The minimum atomic E-state index is -3.64. The summed E-state index contributed by atoms with van der Waals surface area (Å²) in [6.45, 7) is 1.71. The Morgan fingerprint density at radius 3 is 2.64 bits per heavy atom. The Labute approximate surface area is 88.2 Å². The molecular formula is C8H10N2O2S2. The second kappa shape index (κ2) is 4.04. The van der Waals surface area contributed by atoms with Gasteiger partial charge >= 0.3 is 0 Å². The van der Waals surface area contributed by atoms with Crippen molar-refractivity contribution in [2.45, 2.75) is 11.8 Å². The highest BCUT2D eigenvalue weighted by atomic mass is 32.2. The second-order valence-electron chi connectivity index (χ2n) is 2.75. The van der Waals surface area contributed by atoms with Gasteiger partial charge in [0.2, 0.25) is 10.0 Å². The van der Waals surface area contributed by atoms with Gasteiger partial charge in [-0.2, -0.15) is 0 Å². The van der Waals surface area contributed by atoms with Gasteiger partial charge in [-0.05, 0) is 25.1 Å². The van der Waals surface area contributed by atoms with Crippen LogP contribution in [0.15, 0.2) is 29.2 Å². The van der Waals surface area contributed by atoms with Gasteiger partial charge < -0.3 is 5.32 Å². The molecule has 0 aliphatic heterocycles. The molecule has 0 radical (unpaired) electrons. The summed E-state index contributed by atoms with van der Waals surface area (Å²) >= 11 is 4.82. The first-order chi connectivity index (χ1) is 6.39. The number of benzene rings is 1. The summed E-state index contributed by atoms with van der Waals surface area (Å²) in [6.07, 6.45) is 0. The van der Waals surface area contributed by atoms with Crippen molar-refractivity contribution in [3.63, 3.8) is 0 Å². The minimum Gasteiger partial charge on any atom is -0.350 e. The molecule has 0 atom stereocenters. The maximum atomic E-state index is 11.0. The molecule has 0 unspecified atom stereocenters. The molecule has 76 valence electrons. The molecule has 0 aliphatic rings. The Morgan fingerprint density at radius 1 is 1.50 bits per heavy atom. The number of sulfonamides is 1. The highest BCUT2D eigenvalue weighted by molar-refractivity contribution is 7.89. The summed E-state index contributed by atoms with van der Waals surface area (Å²) in [4.78, 5) is 0.635. The number of rotatable bonds is 2. The van der Waals surface area contributed by atoms with Gasteiger partial charge in [0.1, 0.15) is 0 Å². The van der Waals surface area contributed by atoms with Crippen LogP contribution in [-0.2, 0) is 10.0 Å². The summed E-state index contributed by atoms with van der Waals surface area (Å²) in [5.41, 5.74) is 0.615. The van der Waals surface area contributed by atoms with E-state index < -0.39 is 10.0 Å². The lowest BCUT2D eigenvalue weighted by molar-refractivity contribution is 0.598. The average molecular weight is 230 g/mol. The number of thiocarbonyl (C=S) groups is 1. The molecule has 0 aromatic heterocycles. The SMILES string of the molecule is CC(=S)Nc1cccc(S(N)(=O)=O)c1. The number of nitrogens with one attached hydrogen (secondary N) is 1. The van der Waals surface area contributed by atoms with E-state index in [9.17, 15) is 8.42 Å². The van der Waals surface area contributed by atoms with Crippen molar-refractivity contribution in [2.75, 3.05) is 5.32 Å². The van der Waals surface area contributed by atoms with Crippen LogP contribution < -0.4 is 10.5 Å². The van der Waals surface area contributed by atoms with Gasteiger partial charge in [0.05, 0.1) is 9.88 Å². The minimum absolute atomic E-state index is 0.0683. The number of hydrogen-bond acceptors (Lipinski definition) is 3. The van der Waals surface area contributed by atoms with Crippen LogP contribution >= 0.6 is 12.2 Å². The van der Waals surface area contributed by atoms with Crippen LogP contribution in [0.2, 0.25) is 0 Å². The van der Waals surface area contributed by atoms with E-state index in [4.69, 9.17) is 17.4 Å². The molecule has 0 saturated heterocycles. The topological polar surface area (TPSA) is 72.2 Å². The molecule has 0 fully saturated rings. The molecule has 0 bridgehead atoms. The van der Waals surface area contributed by atoms with Crippen LogP contribution in [0.4, 0.5) is 5.69 Å². The van der Waals surface area contributed by atoms with E-state index in [-0.39, 0.29) is 4.90 Å². The highest BCUT2D eigenvalue weighted by Gasteiger charge is 2.07. The lowest BCUT2D eigenvalue weighted by Crippen LogP contribution is -2.12. The normalized spacial score (nSPS) is 11.0. The van der Waals surface area contributed by atoms with E-state index in [1.54, 1.807) is 19.1 Å². The predicted molar refractivity (Wildman–Crippen MR) is 59.7 cm³/mol. The first-order valence-electron chi connectivity index (χ1n) is 3.80. The quantitative estimate of drug-likeness (QED) is 0.746. The van der Waals surface area contributed by atoms with Crippen molar-refractivity contribution in [2.24, 2.45) is 5.14 Å². The smallest absolute Gasteiger partial charge is 0.238 e. The van der Waals surface area contributed by atoms with Gasteiger partial charge in [0, 0.05) is 5.69 Å². The molecule has 1 rings (SSSR count). The van der Waals surface area contributed by atoms with E-state index >= 15 is 0 Å². The third kappa shape index (κ3) is 3.06. The number of hydrogen-bond donors (Lipinski definition) is 2. The monoisotopic (exact) mass is 230 g/mol. The molecule has 0 amide bonds. The zero-order chi connectivity index (χ0) is 10.8. The van der Waals surface area contributed by atoms with Crippen molar-refractivity contribution in [1.29, 1.82) is 0 Å². The average Bonchev–Trinajstić information content (AvgIpc) is 2.01. The van der Waals surface area contributed by atoms with Gasteiger partial charge in [0.15, 0.2) is 0 Å². The second-order valence-corrected chi connectivity index (χ2v) is 4.93. The Hall–Kier alpha value is -0.980. The van der Waals surface area contributed by atoms with Gasteiger partial charge in [-0.3, -0.25) is 0 Å². The van der Waals surface area contributed by atoms with Crippen LogP contribution in [-0.4, -0.2) is 13.4 Å². The lowest BCUT2D eigenvalue weighted by Gasteiger charge is -2.04. The summed E-state index contributed by atoms with van der Waals surface area (Å²) < 4.78 is 22.0. The van der Waals surface area contributed by atoms with Crippen LogP contribution in [0, 0.1) is 0 Å². The molecule has 14 heavy (non-hydrogen) atoms. The summed E-state index contributed by atoms with van der Waals surface area (Å²) in [5, 5.41) is 7.80. The highest BCUT2D eigenvalue weighted by Crippen LogP contribution is 2.13. The van der Waals surface area contributed by atoms with Crippen molar-refractivity contribution in [3.8, 4) is 0 Å². The third-order valence-corrected chi connectivity index (χ3v) is 2.50. The number of nitrogens with two attached hydrogens (primary N) is 1. The zero-order valence-electron chi connectivity index (χ0n) is 7.52. The third-order valence-electron chi connectivity index (χ3n) is 1.48. The van der Waals surface area contributed by atoms with E-state index in [1.807, 2.05) is 0 Å². The Balaban J connectivity index is 3.08.